The summed E-state index contributed by atoms with van der Waals surface area (Å²) >= 11 is 1.71. The van der Waals surface area contributed by atoms with Gasteiger partial charge in [-0.3, -0.25) is 9.10 Å². The zero-order valence-corrected chi connectivity index (χ0v) is 19.6. The van der Waals surface area contributed by atoms with Crippen LogP contribution in [-0.4, -0.2) is 52.1 Å². The van der Waals surface area contributed by atoms with E-state index in [1.165, 1.54) is 11.1 Å². The summed E-state index contributed by atoms with van der Waals surface area (Å²) in [6.07, 6.45) is 1.09. The van der Waals surface area contributed by atoms with E-state index in [-0.39, 0.29) is 5.91 Å². The molecule has 0 aliphatic carbocycles. The Kier molecular flexibility index (Phi) is 7.72. The molecule has 0 radical (unpaired) electrons. The first-order valence-electron chi connectivity index (χ1n) is 10.1. The van der Waals surface area contributed by atoms with Crippen LogP contribution in [0.15, 0.2) is 42.5 Å². The topological polar surface area (TPSA) is 84.9 Å². The molecule has 2 aromatic rings. The number of ether oxygens (including phenoxy) is 2. The van der Waals surface area contributed by atoms with E-state index in [4.69, 9.17) is 9.47 Å². The lowest BCUT2D eigenvalue weighted by molar-refractivity contribution is -0.121. The highest BCUT2D eigenvalue weighted by atomic mass is 32.2. The summed E-state index contributed by atoms with van der Waals surface area (Å²) in [5.41, 5.74) is 2.82. The molecule has 31 heavy (non-hydrogen) atoms. The van der Waals surface area contributed by atoms with Crippen molar-refractivity contribution in [3.8, 4) is 11.5 Å². The predicted molar refractivity (Wildman–Crippen MR) is 125 cm³/mol. The number of hydrogen-bond acceptors (Lipinski definition) is 6. The number of amides is 1. The van der Waals surface area contributed by atoms with Crippen molar-refractivity contribution in [2.75, 3.05) is 36.1 Å². The summed E-state index contributed by atoms with van der Waals surface area (Å²) in [7, 11) is -3.69. The van der Waals surface area contributed by atoms with E-state index in [1.807, 2.05) is 0 Å². The van der Waals surface area contributed by atoms with Gasteiger partial charge in [0.2, 0.25) is 15.9 Å². The maximum atomic E-state index is 12.7. The molecule has 0 bridgehead atoms. The molecule has 0 spiro atoms. The van der Waals surface area contributed by atoms with Crippen LogP contribution in [0, 0.1) is 6.92 Å². The Morgan fingerprint density at radius 1 is 1.13 bits per heavy atom. The van der Waals surface area contributed by atoms with Crippen LogP contribution >= 0.6 is 11.8 Å². The predicted octanol–water partition coefficient (Wildman–Crippen LogP) is 2.97. The van der Waals surface area contributed by atoms with Crippen LogP contribution in [0.2, 0.25) is 0 Å². The van der Waals surface area contributed by atoms with E-state index in [2.05, 4.69) is 36.5 Å². The minimum atomic E-state index is -3.69. The average molecular weight is 465 g/mol. The molecule has 0 fully saturated rings. The van der Waals surface area contributed by atoms with Crippen LogP contribution in [0.3, 0.4) is 0 Å². The molecule has 0 unspecified atom stereocenters. The number of sulfonamides is 1. The zero-order chi connectivity index (χ0) is 22.4. The van der Waals surface area contributed by atoms with Crippen molar-refractivity contribution in [2.24, 2.45) is 0 Å². The molecule has 0 saturated carbocycles. The minimum absolute atomic E-state index is 0.351. The molecule has 9 heteroatoms. The quantitative estimate of drug-likeness (QED) is 0.575. The number of hydrogen-bond donors (Lipinski definition) is 1. The van der Waals surface area contributed by atoms with Gasteiger partial charge in [-0.2, -0.15) is 11.8 Å². The van der Waals surface area contributed by atoms with Crippen LogP contribution in [0.5, 0.6) is 11.5 Å². The van der Waals surface area contributed by atoms with E-state index < -0.39 is 16.1 Å². The number of carbonyl (C=O) groups is 1. The number of benzene rings is 2. The van der Waals surface area contributed by atoms with E-state index in [0.29, 0.717) is 36.9 Å². The summed E-state index contributed by atoms with van der Waals surface area (Å²) in [5.74, 6) is 2.27. The number of aryl methyl sites for hydroxylation is 1. The third-order valence-corrected chi connectivity index (χ3v) is 7.08. The van der Waals surface area contributed by atoms with Crippen molar-refractivity contribution in [1.82, 2.24) is 5.32 Å². The molecule has 3 rings (SSSR count). The second-order valence-electron chi connectivity index (χ2n) is 7.39. The second kappa shape index (κ2) is 10.3. The number of nitrogens with one attached hydrogen (secondary N) is 1. The summed E-state index contributed by atoms with van der Waals surface area (Å²) in [6, 6.07) is 12.3. The smallest absolute Gasteiger partial charge is 0.243 e. The molecule has 7 nitrogen and oxygen atoms in total. The Morgan fingerprint density at radius 2 is 1.81 bits per heavy atom. The highest BCUT2D eigenvalue weighted by Gasteiger charge is 2.30. The van der Waals surface area contributed by atoms with Crippen LogP contribution in [0.1, 0.15) is 18.1 Å². The van der Waals surface area contributed by atoms with E-state index in [0.717, 1.165) is 22.1 Å². The van der Waals surface area contributed by atoms with Crippen molar-refractivity contribution in [2.45, 2.75) is 25.6 Å². The van der Waals surface area contributed by atoms with Crippen LogP contribution in [-0.2, 0) is 20.6 Å². The Balaban J connectivity index is 1.57. The number of anilines is 1. The number of carbonyl (C=O) groups excluding carboxylic acids is 1. The van der Waals surface area contributed by atoms with Gasteiger partial charge in [0.15, 0.2) is 11.5 Å². The molecule has 1 aliphatic rings. The lowest BCUT2D eigenvalue weighted by Crippen LogP contribution is -2.48. The number of thioether (sulfide) groups is 1. The van der Waals surface area contributed by atoms with Gasteiger partial charge in [-0.05, 0) is 31.5 Å². The Hall–Kier alpha value is -2.39. The Labute approximate surface area is 188 Å². The van der Waals surface area contributed by atoms with Gasteiger partial charge in [0.1, 0.15) is 19.3 Å². The molecule has 1 atom stereocenters. The zero-order valence-electron chi connectivity index (χ0n) is 18.0. The maximum absolute atomic E-state index is 12.7. The van der Waals surface area contributed by atoms with Crippen LogP contribution in [0.4, 0.5) is 5.69 Å². The molecule has 1 amide bonds. The maximum Gasteiger partial charge on any atom is 0.243 e. The second-order valence-corrected chi connectivity index (χ2v) is 10.4. The van der Waals surface area contributed by atoms with Gasteiger partial charge in [-0.15, -0.1) is 0 Å². The van der Waals surface area contributed by atoms with Gasteiger partial charge in [-0.25, -0.2) is 8.42 Å². The Bertz CT molecular complexity index is 1010. The molecular weight excluding hydrogens is 436 g/mol. The molecule has 168 valence electrons. The van der Waals surface area contributed by atoms with Crippen LogP contribution in [0.25, 0.3) is 0 Å². The number of fused-ring (bicyclic) bond motifs is 1. The molecular formula is C22H28N2O5S2. The Morgan fingerprint density at radius 3 is 2.48 bits per heavy atom. The lowest BCUT2D eigenvalue weighted by Gasteiger charge is -2.29. The third kappa shape index (κ3) is 6.30. The summed E-state index contributed by atoms with van der Waals surface area (Å²) in [6.45, 7) is 4.93. The molecule has 0 aromatic heterocycles. The van der Waals surface area contributed by atoms with Crippen molar-refractivity contribution < 1.29 is 22.7 Å². The minimum Gasteiger partial charge on any atom is -0.486 e. The van der Waals surface area contributed by atoms with Gasteiger partial charge in [0, 0.05) is 24.1 Å². The van der Waals surface area contributed by atoms with Gasteiger partial charge in [-0.1, -0.05) is 29.8 Å². The van der Waals surface area contributed by atoms with Gasteiger partial charge >= 0.3 is 0 Å². The molecule has 1 N–H and O–H groups in total. The normalized spacial score (nSPS) is 14.0. The van der Waals surface area contributed by atoms with Gasteiger partial charge < -0.3 is 14.8 Å². The average Bonchev–Trinajstić information content (AvgIpc) is 2.73. The monoisotopic (exact) mass is 464 g/mol. The molecule has 1 aliphatic heterocycles. The first-order valence-corrected chi connectivity index (χ1v) is 13.1. The number of nitrogens with zero attached hydrogens (tertiary/aromatic N) is 1. The molecule has 0 saturated heterocycles. The molecule has 1 heterocycles. The van der Waals surface area contributed by atoms with Crippen molar-refractivity contribution in [1.29, 1.82) is 0 Å². The fourth-order valence-corrected chi connectivity index (χ4v) is 5.23. The van der Waals surface area contributed by atoms with E-state index in [9.17, 15) is 13.2 Å². The summed E-state index contributed by atoms with van der Waals surface area (Å²) < 4.78 is 37.1. The van der Waals surface area contributed by atoms with Crippen molar-refractivity contribution in [3.05, 3.63) is 53.6 Å². The van der Waals surface area contributed by atoms with E-state index in [1.54, 1.807) is 36.9 Å². The largest absolute Gasteiger partial charge is 0.486 e. The first-order chi connectivity index (χ1) is 14.8. The highest BCUT2D eigenvalue weighted by molar-refractivity contribution is 7.98. The van der Waals surface area contributed by atoms with Crippen molar-refractivity contribution in [3.63, 3.8) is 0 Å². The third-order valence-electron chi connectivity index (χ3n) is 4.80. The van der Waals surface area contributed by atoms with Crippen LogP contribution < -0.4 is 19.1 Å². The summed E-state index contributed by atoms with van der Waals surface area (Å²) in [4.78, 5) is 12.7. The lowest BCUT2D eigenvalue weighted by atomic mass is 10.2. The SMILES string of the molecule is Cc1ccc(CSCCNC(=O)[C@@H](C)N(c2ccc3c(c2)OCCO3)S(C)(=O)=O)cc1. The highest BCUT2D eigenvalue weighted by Crippen LogP contribution is 2.35. The summed E-state index contributed by atoms with van der Waals surface area (Å²) in [5, 5.41) is 2.84. The first kappa shape index (κ1) is 23.3. The number of rotatable bonds is 9. The fraction of sp³-hybridized carbons (Fsp3) is 0.409. The standard InChI is InChI=1S/C22H28N2O5S2/c1-16-4-6-18(7-5-16)15-30-13-10-23-22(25)17(2)24(31(3,26)27)19-8-9-20-21(14-19)29-12-11-28-20/h4-9,14,17H,10-13,15H2,1-3H3,(H,23,25)/t17-/m1/s1. The molecule has 2 aromatic carbocycles. The fourth-order valence-electron chi connectivity index (χ4n) is 3.25. The van der Waals surface area contributed by atoms with Gasteiger partial charge in [0.05, 0.1) is 11.9 Å². The van der Waals surface area contributed by atoms with E-state index >= 15 is 0 Å². The van der Waals surface area contributed by atoms with Gasteiger partial charge in [0.25, 0.3) is 0 Å². The van der Waals surface area contributed by atoms with Crippen molar-refractivity contribution >= 4 is 33.4 Å².